The Labute approximate surface area is 126 Å². The van der Waals surface area contributed by atoms with Crippen molar-refractivity contribution in [3.05, 3.63) is 70.2 Å². The van der Waals surface area contributed by atoms with Gasteiger partial charge in [0, 0.05) is 9.30 Å². The van der Waals surface area contributed by atoms with Crippen LogP contribution in [0.15, 0.2) is 59.1 Å². The van der Waals surface area contributed by atoms with Crippen molar-refractivity contribution in [1.29, 1.82) is 0 Å². The molecule has 2 rings (SSSR count). The van der Waals surface area contributed by atoms with E-state index in [1.54, 1.807) is 0 Å². The number of hydrogen-bond acceptors (Lipinski definition) is 0. The zero-order valence-electron chi connectivity index (χ0n) is 10.3. The zero-order valence-corrected chi connectivity index (χ0v) is 13.5. The van der Waals surface area contributed by atoms with Gasteiger partial charge in [0.2, 0.25) is 0 Å². The summed E-state index contributed by atoms with van der Waals surface area (Å²) in [6, 6.07) is 19.1. The molecule has 0 aliphatic carbocycles. The smallest absolute Gasteiger partial charge is 0.0424 e. The molecule has 0 aliphatic heterocycles. The summed E-state index contributed by atoms with van der Waals surface area (Å²) in [5, 5.41) is 0. The molecule has 2 unspecified atom stereocenters. The molecule has 0 amide bonds. The summed E-state index contributed by atoms with van der Waals surface area (Å²) in [6.45, 7) is 2.29. The van der Waals surface area contributed by atoms with Gasteiger partial charge in [0.05, 0.1) is 0 Å². The molecule has 0 aromatic heterocycles. The molecule has 94 valence electrons. The maximum Gasteiger partial charge on any atom is 0.0424 e. The lowest BCUT2D eigenvalue weighted by atomic mass is 9.94. The highest BCUT2D eigenvalue weighted by molar-refractivity contribution is 9.10. The van der Waals surface area contributed by atoms with Crippen LogP contribution in [0.5, 0.6) is 0 Å². The first-order chi connectivity index (χ1) is 8.66. The molecule has 0 spiro atoms. The van der Waals surface area contributed by atoms with Gasteiger partial charge in [0.1, 0.15) is 0 Å². The molecular weight excluding hydrogens is 352 g/mol. The molecule has 0 N–H and O–H groups in total. The van der Waals surface area contributed by atoms with Crippen molar-refractivity contribution in [1.82, 2.24) is 0 Å². The Balaban J connectivity index is 2.06. The Hall–Kier alpha value is -0.600. The minimum atomic E-state index is 0.401. The van der Waals surface area contributed by atoms with Crippen molar-refractivity contribution in [2.75, 3.05) is 0 Å². The Kier molecular flexibility index (Phi) is 5.02. The molecule has 2 aromatic rings. The minimum absolute atomic E-state index is 0.401. The van der Waals surface area contributed by atoms with Gasteiger partial charge in [-0.15, -0.1) is 0 Å². The SMILES string of the molecule is CC(Cc1cccc(Br)c1)C(Br)c1ccccc1. The summed E-state index contributed by atoms with van der Waals surface area (Å²) < 4.78 is 1.15. The van der Waals surface area contributed by atoms with E-state index in [1.807, 2.05) is 0 Å². The van der Waals surface area contributed by atoms with Gasteiger partial charge in [0.15, 0.2) is 0 Å². The highest BCUT2D eigenvalue weighted by atomic mass is 79.9. The fourth-order valence-electron chi connectivity index (χ4n) is 2.10. The van der Waals surface area contributed by atoms with Crippen LogP contribution in [0.3, 0.4) is 0 Å². The molecule has 2 aromatic carbocycles. The van der Waals surface area contributed by atoms with Crippen LogP contribution in [0.4, 0.5) is 0 Å². The predicted molar refractivity (Wildman–Crippen MR) is 85.1 cm³/mol. The van der Waals surface area contributed by atoms with Crippen LogP contribution < -0.4 is 0 Å². The van der Waals surface area contributed by atoms with Crippen LogP contribution in [0.1, 0.15) is 22.9 Å². The van der Waals surface area contributed by atoms with Gasteiger partial charge in [-0.25, -0.2) is 0 Å². The van der Waals surface area contributed by atoms with Gasteiger partial charge >= 0.3 is 0 Å². The monoisotopic (exact) mass is 366 g/mol. The first kappa shape index (κ1) is 13.8. The summed E-state index contributed by atoms with van der Waals surface area (Å²) in [5.74, 6) is 0.557. The minimum Gasteiger partial charge on any atom is -0.0836 e. The molecule has 18 heavy (non-hydrogen) atoms. The molecule has 0 radical (unpaired) electrons. The van der Waals surface area contributed by atoms with E-state index in [0.29, 0.717) is 10.7 Å². The summed E-state index contributed by atoms with van der Waals surface area (Å²) in [4.78, 5) is 0.401. The largest absolute Gasteiger partial charge is 0.0836 e. The van der Waals surface area contributed by atoms with Crippen molar-refractivity contribution >= 4 is 31.9 Å². The second-order valence-corrected chi connectivity index (χ2v) is 6.53. The fourth-order valence-corrected chi connectivity index (χ4v) is 3.04. The number of alkyl halides is 1. The molecule has 0 fully saturated rings. The molecule has 0 bridgehead atoms. The second kappa shape index (κ2) is 6.53. The van der Waals surface area contributed by atoms with Crippen molar-refractivity contribution in [3.8, 4) is 0 Å². The summed E-state index contributed by atoms with van der Waals surface area (Å²) in [7, 11) is 0. The molecule has 0 heterocycles. The highest BCUT2D eigenvalue weighted by Crippen LogP contribution is 2.33. The van der Waals surface area contributed by atoms with Crippen molar-refractivity contribution in [2.24, 2.45) is 5.92 Å². The standard InChI is InChI=1S/C16H16Br2/c1-12(10-13-6-5-9-15(17)11-13)16(18)14-7-3-2-4-8-14/h2-9,11-12,16H,10H2,1H3. The maximum absolute atomic E-state index is 3.82. The summed E-state index contributed by atoms with van der Waals surface area (Å²) >= 11 is 7.34. The van der Waals surface area contributed by atoms with Gasteiger partial charge in [-0.2, -0.15) is 0 Å². The zero-order chi connectivity index (χ0) is 13.0. The van der Waals surface area contributed by atoms with Crippen LogP contribution >= 0.6 is 31.9 Å². The molecule has 2 atom stereocenters. The Bertz CT molecular complexity index is 493. The van der Waals surface area contributed by atoms with Gasteiger partial charge in [-0.1, -0.05) is 81.2 Å². The number of halogens is 2. The van der Waals surface area contributed by atoms with E-state index in [0.717, 1.165) is 10.9 Å². The lowest BCUT2D eigenvalue weighted by Gasteiger charge is -2.19. The molecule has 0 saturated carbocycles. The third-order valence-electron chi connectivity index (χ3n) is 3.06. The molecule has 0 aliphatic rings. The molecular formula is C16H16Br2. The Morgan fingerprint density at radius 3 is 2.39 bits per heavy atom. The lowest BCUT2D eigenvalue weighted by molar-refractivity contribution is 0.572. The Morgan fingerprint density at radius 2 is 1.72 bits per heavy atom. The quantitative estimate of drug-likeness (QED) is 0.602. The Morgan fingerprint density at radius 1 is 1.00 bits per heavy atom. The van der Waals surface area contributed by atoms with E-state index >= 15 is 0 Å². The number of hydrogen-bond donors (Lipinski definition) is 0. The van der Waals surface area contributed by atoms with Gasteiger partial charge in [0.25, 0.3) is 0 Å². The molecule has 0 saturated heterocycles. The third-order valence-corrected chi connectivity index (χ3v) is 4.99. The summed E-state index contributed by atoms with van der Waals surface area (Å²) in [5.41, 5.74) is 2.72. The van der Waals surface area contributed by atoms with E-state index in [1.165, 1.54) is 11.1 Å². The predicted octanol–water partition coefficient (Wildman–Crippen LogP) is 5.76. The van der Waals surface area contributed by atoms with Crippen LogP contribution in [0, 0.1) is 5.92 Å². The van der Waals surface area contributed by atoms with Crippen molar-refractivity contribution in [2.45, 2.75) is 18.2 Å². The van der Waals surface area contributed by atoms with Gasteiger partial charge in [-0.3, -0.25) is 0 Å². The highest BCUT2D eigenvalue weighted by Gasteiger charge is 2.16. The molecule has 2 heteroatoms. The van der Waals surface area contributed by atoms with E-state index < -0.39 is 0 Å². The fraction of sp³-hybridized carbons (Fsp3) is 0.250. The number of benzene rings is 2. The van der Waals surface area contributed by atoms with Crippen molar-refractivity contribution < 1.29 is 0 Å². The van der Waals surface area contributed by atoms with E-state index in [9.17, 15) is 0 Å². The van der Waals surface area contributed by atoms with Crippen molar-refractivity contribution in [3.63, 3.8) is 0 Å². The number of rotatable bonds is 4. The summed E-state index contributed by atoms with van der Waals surface area (Å²) in [6.07, 6.45) is 1.07. The first-order valence-electron chi connectivity index (χ1n) is 6.10. The van der Waals surface area contributed by atoms with E-state index in [4.69, 9.17) is 0 Å². The molecule has 0 nitrogen and oxygen atoms in total. The second-order valence-electron chi connectivity index (χ2n) is 4.62. The van der Waals surface area contributed by atoms with E-state index in [-0.39, 0.29) is 0 Å². The van der Waals surface area contributed by atoms with E-state index in [2.05, 4.69) is 93.4 Å². The third kappa shape index (κ3) is 3.69. The van der Waals surface area contributed by atoms with Gasteiger partial charge < -0.3 is 0 Å². The van der Waals surface area contributed by atoms with Crippen LogP contribution in [0.25, 0.3) is 0 Å². The first-order valence-corrected chi connectivity index (χ1v) is 7.81. The average Bonchev–Trinajstić information content (AvgIpc) is 2.39. The average molecular weight is 368 g/mol. The lowest BCUT2D eigenvalue weighted by Crippen LogP contribution is -2.07. The normalized spacial score (nSPS) is 14.2. The van der Waals surface area contributed by atoms with Crippen LogP contribution in [-0.2, 0) is 6.42 Å². The van der Waals surface area contributed by atoms with Crippen LogP contribution in [-0.4, -0.2) is 0 Å². The van der Waals surface area contributed by atoms with Crippen LogP contribution in [0.2, 0.25) is 0 Å². The topological polar surface area (TPSA) is 0 Å². The maximum atomic E-state index is 3.82. The van der Waals surface area contributed by atoms with Gasteiger partial charge in [-0.05, 0) is 35.6 Å².